The number of ether oxygens (including phenoxy) is 3. The first-order chi connectivity index (χ1) is 7.81. The van der Waals surface area contributed by atoms with Crippen molar-refractivity contribution >= 4 is 0 Å². The summed E-state index contributed by atoms with van der Waals surface area (Å²) in [6, 6.07) is 7.68. The molecule has 0 aliphatic rings. The topological polar surface area (TPSA) is 27.7 Å². The van der Waals surface area contributed by atoms with E-state index in [1.54, 1.807) is 14.2 Å². The molecule has 0 saturated heterocycles. The fraction of sp³-hybridized carbons (Fsp3) is 0.385. The average molecular weight is 222 g/mol. The van der Waals surface area contributed by atoms with Crippen LogP contribution >= 0.6 is 0 Å². The van der Waals surface area contributed by atoms with E-state index in [0.29, 0.717) is 6.61 Å². The fourth-order valence-corrected chi connectivity index (χ4v) is 1.35. The zero-order chi connectivity index (χ0) is 11.8. The quantitative estimate of drug-likeness (QED) is 0.403. The molecule has 0 amide bonds. The molecule has 88 valence electrons. The summed E-state index contributed by atoms with van der Waals surface area (Å²) in [5.74, 6) is 0.844. The maximum absolute atomic E-state index is 5.50. The lowest BCUT2D eigenvalue weighted by Gasteiger charge is -2.14. The van der Waals surface area contributed by atoms with Crippen molar-refractivity contribution in [2.75, 3.05) is 20.8 Å². The molecule has 3 heteroatoms. The minimum absolute atomic E-state index is 0.317. The van der Waals surface area contributed by atoms with E-state index >= 15 is 0 Å². The summed E-state index contributed by atoms with van der Waals surface area (Å²) in [5, 5.41) is 0. The van der Waals surface area contributed by atoms with Gasteiger partial charge in [0.05, 0.1) is 6.61 Å². The first-order valence-electron chi connectivity index (χ1n) is 5.21. The highest BCUT2D eigenvalue weighted by molar-refractivity contribution is 5.27. The Labute approximate surface area is 96.6 Å². The van der Waals surface area contributed by atoms with Crippen LogP contribution in [0.5, 0.6) is 5.75 Å². The van der Waals surface area contributed by atoms with E-state index < -0.39 is 0 Å². The van der Waals surface area contributed by atoms with Gasteiger partial charge in [-0.05, 0) is 18.6 Å². The van der Waals surface area contributed by atoms with Crippen molar-refractivity contribution in [3.8, 4) is 5.75 Å². The molecule has 0 aliphatic carbocycles. The summed E-state index contributed by atoms with van der Waals surface area (Å²) in [5.41, 5.74) is 0.973. The maximum Gasteiger partial charge on any atom is 0.183 e. The van der Waals surface area contributed by atoms with Gasteiger partial charge in [-0.1, -0.05) is 18.2 Å². The molecule has 0 unspecified atom stereocenters. The molecule has 0 saturated carbocycles. The van der Waals surface area contributed by atoms with E-state index in [1.165, 1.54) is 0 Å². The molecule has 0 heterocycles. The Kier molecular flexibility index (Phi) is 5.61. The normalized spacial score (nSPS) is 10.4. The van der Waals surface area contributed by atoms with Gasteiger partial charge in [-0.25, -0.2) is 0 Å². The molecule has 0 bridgehead atoms. The van der Waals surface area contributed by atoms with Crippen molar-refractivity contribution in [3.05, 3.63) is 42.5 Å². The second-order valence-electron chi connectivity index (χ2n) is 3.30. The zero-order valence-electron chi connectivity index (χ0n) is 9.81. The predicted octanol–water partition coefficient (Wildman–Crippen LogP) is 2.93. The van der Waals surface area contributed by atoms with E-state index in [1.807, 2.05) is 30.3 Å². The molecule has 1 aromatic carbocycles. The third-order valence-corrected chi connectivity index (χ3v) is 2.17. The number of hydrogen-bond acceptors (Lipinski definition) is 3. The molecule has 0 radical (unpaired) electrons. The van der Waals surface area contributed by atoms with Gasteiger partial charge in [-0.2, -0.15) is 0 Å². The van der Waals surface area contributed by atoms with Crippen LogP contribution in [0.1, 0.15) is 18.3 Å². The first-order valence-corrected chi connectivity index (χ1v) is 5.21. The second kappa shape index (κ2) is 7.04. The first kappa shape index (κ1) is 12.7. The Bertz CT molecular complexity index is 301. The van der Waals surface area contributed by atoms with Gasteiger partial charge in [-0.3, -0.25) is 0 Å². The molecular weight excluding hydrogens is 204 g/mol. The standard InChI is InChI=1S/C13H18O3/c1-4-5-10-16-12-8-6-11(7-9-12)13(14-2)15-3/h4,6-9,13H,1,5,10H2,2-3H3. The number of hydrogen-bond donors (Lipinski definition) is 0. The predicted molar refractivity (Wildman–Crippen MR) is 63.5 cm³/mol. The summed E-state index contributed by atoms with van der Waals surface area (Å²) >= 11 is 0. The van der Waals surface area contributed by atoms with Gasteiger partial charge < -0.3 is 14.2 Å². The lowest BCUT2D eigenvalue weighted by molar-refractivity contribution is -0.106. The fourth-order valence-electron chi connectivity index (χ4n) is 1.35. The minimum atomic E-state index is -0.317. The third kappa shape index (κ3) is 3.68. The Balaban J connectivity index is 2.56. The van der Waals surface area contributed by atoms with Crippen LogP contribution < -0.4 is 4.74 Å². The molecule has 0 aromatic heterocycles. The monoisotopic (exact) mass is 222 g/mol. The van der Waals surface area contributed by atoms with Gasteiger partial charge in [0.15, 0.2) is 6.29 Å². The van der Waals surface area contributed by atoms with Crippen LogP contribution in [0.25, 0.3) is 0 Å². The maximum atomic E-state index is 5.50. The molecule has 0 aliphatic heterocycles. The lowest BCUT2D eigenvalue weighted by Crippen LogP contribution is -2.03. The van der Waals surface area contributed by atoms with Crippen LogP contribution in [-0.2, 0) is 9.47 Å². The second-order valence-corrected chi connectivity index (χ2v) is 3.30. The SMILES string of the molecule is C=CCCOc1ccc(C(OC)OC)cc1. The van der Waals surface area contributed by atoms with Crippen molar-refractivity contribution in [1.29, 1.82) is 0 Å². The van der Waals surface area contributed by atoms with Crippen LogP contribution in [0, 0.1) is 0 Å². The summed E-state index contributed by atoms with van der Waals surface area (Å²) in [6.07, 6.45) is 2.36. The Hall–Kier alpha value is -1.32. The number of rotatable bonds is 7. The van der Waals surface area contributed by atoms with Crippen LogP contribution in [-0.4, -0.2) is 20.8 Å². The molecular formula is C13H18O3. The van der Waals surface area contributed by atoms with Gasteiger partial charge >= 0.3 is 0 Å². The van der Waals surface area contributed by atoms with Gasteiger partial charge in [0.25, 0.3) is 0 Å². The van der Waals surface area contributed by atoms with Crippen LogP contribution in [0.3, 0.4) is 0 Å². The summed E-state index contributed by atoms with van der Waals surface area (Å²) < 4.78 is 15.8. The van der Waals surface area contributed by atoms with E-state index in [0.717, 1.165) is 17.7 Å². The summed E-state index contributed by atoms with van der Waals surface area (Å²) in [6.45, 7) is 4.29. The number of methoxy groups -OCH3 is 2. The van der Waals surface area contributed by atoms with E-state index in [9.17, 15) is 0 Å². The summed E-state index contributed by atoms with van der Waals surface area (Å²) in [7, 11) is 3.23. The van der Waals surface area contributed by atoms with Crippen molar-refractivity contribution in [2.24, 2.45) is 0 Å². The van der Waals surface area contributed by atoms with Gasteiger partial charge in [0.2, 0.25) is 0 Å². The summed E-state index contributed by atoms with van der Waals surface area (Å²) in [4.78, 5) is 0. The highest BCUT2D eigenvalue weighted by Crippen LogP contribution is 2.20. The Morgan fingerprint density at radius 2 is 1.81 bits per heavy atom. The third-order valence-electron chi connectivity index (χ3n) is 2.17. The van der Waals surface area contributed by atoms with Gasteiger partial charge in [0, 0.05) is 19.8 Å². The van der Waals surface area contributed by atoms with Crippen molar-refractivity contribution < 1.29 is 14.2 Å². The zero-order valence-corrected chi connectivity index (χ0v) is 9.81. The van der Waals surface area contributed by atoms with E-state index in [4.69, 9.17) is 14.2 Å². The van der Waals surface area contributed by atoms with E-state index in [-0.39, 0.29) is 6.29 Å². The minimum Gasteiger partial charge on any atom is -0.493 e. The van der Waals surface area contributed by atoms with Crippen molar-refractivity contribution in [2.45, 2.75) is 12.7 Å². The Morgan fingerprint density at radius 1 is 1.19 bits per heavy atom. The van der Waals surface area contributed by atoms with Crippen molar-refractivity contribution in [3.63, 3.8) is 0 Å². The smallest absolute Gasteiger partial charge is 0.183 e. The molecule has 16 heavy (non-hydrogen) atoms. The van der Waals surface area contributed by atoms with Crippen LogP contribution in [0.2, 0.25) is 0 Å². The highest BCUT2D eigenvalue weighted by Gasteiger charge is 2.07. The average Bonchev–Trinajstić information content (AvgIpc) is 2.33. The largest absolute Gasteiger partial charge is 0.493 e. The van der Waals surface area contributed by atoms with Gasteiger partial charge in [0.1, 0.15) is 5.75 Å². The molecule has 0 fully saturated rings. The number of benzene rings is 1. The Morgan fingerprint density at radius 3 is 2.31 bits per heavy atom. The molecule has 0 atom stereocenters. The van der Waals surface area contributed by atoms with Crippen molar-refractivity contribution in [1.82, 2.24) is 0 Å². The molecule has 0 N–H and O–H groups in total. The highest BCUT2D eigenvalue weighted by atomic mass is 16.7. The molecule has 1 aromatic rings. The van der Waals surface area contributed by atoms with Gasteiger partial charge in [-0.15, -0.1) is 6.58 Å². The van der Waals surface area contributed by atoms with E-state index in [2.05, 4.69) is 6.58 Å². The molecule has 0 spiro atoms. The molecule has 1 rings (SSSR count). The van der Waals surface area contributed by atoms with Crippen LogP contribution in [0.15, 0.2) is 36.9 Å². The lowest BCUT2D eigenvalue weighted by atomic mass is 10.2. The van der Waals surface area contributed by atoms with Crippen LogP contribution in [0.4, 0.5) is 0 Å². The molecule has 3 nitrogen and oxygen atoms in total.